The number of hydrogen-bond acceptors (Lipinski definition) is 4. The average Bonchev–Trinajstić information content (AvgIpc) is 2.39. The second-order valence-electron chi connectivity index (χ2n) is 4.80. The molecule has 19 heavy (non-hydrogen) atoms. The fourth-order valence-electron chi connectivity index (χ4n) is 2.09. The van der Waals surface area contributed by atoms with Gasteiger partial charge in [-0.3, -0.25) is 0 Å². The molecule has 0 aromatic heterocycles. The lowest BCUT2D eigenvalue weighted by Gasteiger charge is -2.18. The zero-order chi connectivity index (χ0) is 14.4. The van der Waals surface area contributed by atoms with Crippen LogP contribution >= 0.6 is 0 Å². The van der Waals surface area contributed by atoms with E-state index >= 15 is 0 Å². The highest BCUT2D eigenvalue weighted by Crippen LogP contribution is 2.34. The first-order valence-electron chi connectivity index (χ1n) is 6.57. The van der Waals surface area contributed by atoms with Crippen molar-refractivity contribution in [2.75, 3.05) is 26.1 Å². The van der Waals surface area contributed by atoms with Crippen molar-refractivity contribution in [2.24, 2.45) is 5.92 Å². The van der Waals surface area contributed by atoms with Crippen molar-refractivity contribution in [3.63, 3.8) is 0 Å². The number of ether oxygens (including phenoxy) is 2. The number of benzene rings is 1. The SMILES string of the molecule is CCNc1c(CC(C)C)ccc(C(=O)OC)c1OC. The minimum atomic E-state index is -0.382. The highest BCUT2D eigenvalue weighted by Gasteiger charge is 2.19. The van der Waals surface area contributed by atoms with Crippen molar-refractivity contribution in [1.82, 2.24) is 0 Å². The summed E-state index contributed by atoms with van der Waals surface area (Å²) in [5.74, 6) is 0.713. The second-order valence-corrected chi connectivity index (χ2v) is 4.80. The van der Waals surface area contributed by atoms with Gasteiger partial charge in [0.15, 0.2) is 5.75 Å². The van der Waals surface area contributed by atoms with Gasteiger partial charge in [-0.1, -0.05) is 19.9 Å². The number of nitrogens with one attached hydrogen (secondary N) is 1. The van der Waals surface area contributed by atoms with Crippen molar-refractivity contribution in [1.29, 1.82) is 0 Å². The molecule has 1 N–H and O–H groups in total. The number of rotatable bonds is 6. The van der Waals surface area contributed by atoms with Crippen LogP contribution in [0.2, 0.25) is 0 Å². The van der Waals surface area contributed by atoms with Gasteiger partial charge < -0.3 is 14.8 Å². The van der Waals surface area contributed by atoms with Crippen LogP contribution in [0.5, 0.6) is 5.75 Å². The zero-order valence-corrected chi connectivity index (χ0v) is 12.4. The highest BCUT2D eigenvalue weighted by atomic mass is 16.5. The summed E-state index contributed by atoms with van der Waals surface area (Å²) in [6.07, 6.45) is 0.931. The third kappa shape index (κ3) is 3.63. The summed E-state index contributed by atoms with van der Waals surface area (Å²) in [4.78, 5) is 11.8. The summed E-state index contributed by atoms with van der Waals surface area (Å²) in [7, 11) is 2.94. The predicted molar refractivity (Wildman–Crippen MR) is 77.0 cm³/mol. The maximum Gasteiger partial charge on any atom is 0.341 e. The molecule has 0 unspecified atom stereocenters. The fourth-order valence-corrected chi connectivity index (χ4v) is 2.09. The van der Waals surface area contributed by atoms with Crippen LogP contribution in [0.3, 0.4) is 0 Å². The van der Waals surface area contributed by atoms with Gasteiger partial charge in [0.25, 0.3) is 0 Å². The number of carbonyl (C=O) groups is 1. The molecule has 0 aliphatic carbocycles. The molecule has 0 saturated heterocycles. The van der Waals surface area contributed by atoms with E-state index in [4.69, 9.17) is 9.47 Å². The molecular formula is C15H23NO3. The summed E-state index contributed by atoms with van der Waals surface area (Å²) >= 11 is 0. The molecule has 1 aromatic rings. The number of methoxy groups -OCH3 is 2. The molecule has 1 aromatic carbocycles. The van der Waals surface area contributed by atoms with Gasteiger partial charge >= 0.3 is 5.97 Å². The quantitative estimate of drug-likeness (QED) is 0.803. The third-order valence-corrected chi connectivity index (χ3v) is 2.84. The smallest absolute Gasteiger partial charge is 0.341 e. The Bertz CT molecular complexity index is 441. The van der Waals surface area contributed by atoms with E-state index in [1.807, 2.05) is 13.0 Å². The minimum absolute atomic E-state index is 0.382. The average molecular weight is 265 g/mol. The first-order valence-corrected chi connectivity index (χ1v) is 6.57. The van der Waals surface area contributed by atoms with Crippen LogP contribution in [0.15, 0.2) is 12.1 Å². The van der Waals surface area contributed by atoms with E-state index in [-0.39, 0.29) is 5.97 Å². The van der Waals surface area contributed by atoms with Crippen molar-refractivity contribution in [2.45, 2.75) is 27.2 Å². The van der Waals surface area contributed by atoms with E-state index in [0.717, 1.165) is 24.2 Å². The normalized spacial score (nSPS) is 10.4. The van der Waals surface area contributed by atoms with Crippen LogP contribution in [0.4, 0.5) is 5.69 Å². The van der Waals surface area contributed by atoms with Crippen LogP contribution < -0.4 is 10.1 Å². The molecule has 4 heteroatoms. The topological polar surface area (TPSA) is 47.6 Å². The Hall–Kier alpha value is -1.71. The molecule has 0 amide bonds. The Morgan fingerprint density at radius 3 is 2.47 bits per heavy atom. The molecule has 0 heterocycles. The lowest BCUT2D eigenvalue weighted by atomic mass is 9.98. The number of anilines is 1. The fraction of sp³-hybridized carbons (Fsp3) is 0.533. The van der Waals surface area contributed by atoms with Crippen molar-refractivity contribution in [3.05, 3.63) is 23.3 Å². The second kappa shape index (κ2) is 7.02. The van der Waals surface area contributed by atoms with Crippen LogP contribution in [0.1, 0.15) is 36.7 Å². The maximum atomic E-state index is 11.8. The van der Waals surface area contributed by atoms with Gasteiger partial charge in [0.1, 0.15) is 5.56 Å². The van der Waals surface area contributed by atoms with E-state index in [1.54, 1.807) is 13.2 Å². The molecule has 0 aliphatic rings. The Morgan fingerprint density at radius 2 is 2.00 bits per heavy atom. The monoisotopic (exact) mass is 265 g/mol. The lowest BCUT2D eigenvalue weighted by molar-refractivity contribution is 0.0597. The summed E-state index contributed by atoms with van der Waals surface area (Å²) in [5, 5.41) is 3.29. The standard InChI is InChI=1S/C15H23NO3/c1-6-16-13-11(9-10(2)3)7-8-12(14(13)18-4)15(17)19-5/h7-8,10,16H,6,9H2,1-5H3. The molecule has 0 spiro atoms. The van der Waals surface area contributed by atoms with Gasteiger partial charge in [0.05, 0.1) is 19.9 Å². The molecule has 0 aliphatic heterocycles. The molecule has 4 nitrogen and oxygen atoms in total. The molecule has 0 saturated carbocycles. The molecule has 0 fully saturated rings. The Morgan fingerprint density at radius 1 is 1.32 bits per heavy atom. The molecule has 1 rings (SSSR count). The van der Waals surface area contributed by atoms with Crippen molar-refractivity contribution < 1.29 is 14.3 Å². The third-order valence-electron chi connectivity index (χ3n) is 2.84. The van der Waals surface area contributed by atoms with E-state index in [9.17, 15) is 4.79 Å². The van der Waals surface area contributed by atoms with Crippen LogP contribution in [-0.4, -0.2) is 26.7 Å². The Kier molecular flexibility index (Phi) is 5.67. The number of esters is 1. The predicted octanol–water partition coefficient (Wildman–Crippen LogP) is 3.11. The zero-order valence-electron chi connectivity index (χ0n) is 12.4. The van der Waals surface area contributed by atoms with Gasteiger partial charge in [-0.2, -0.15) is 0 Å². The summed E-state index contributed by atoms with van der Waals surface area (Å²) in [6, 6.07) is 3.73. The minimum Gasteiger partial charge on any atom is -0.494 e. The number of carbonyl (C=O) groups excluding carboxylic acids is 1. The molecule has 0 atom stereocenters. The van der Waals surface area contributed by atoms with E-state index in [2.05, 4.69) is 19.2 Å². The molecule has 106 valence electrons. The Balaban J connectivity index is 3.33. The summed E-state index contributed by atoms with van der Waals surface area (Å²) < 4.78 is 10.2. The molecule has 0 bridgehead atoms. The van der Waals surface area contributed by atoms with Crippen molar-refractivity contribution >= 4 is 11.7 Å². The van der Waals surface area contributed by atoms with E-state index < -0.39 is 0 Å². The van der Waals surface area contributed by atoms with E-state index in [1.165, 1.54) is 7.11 Å². The molecule has 0 radical (unpaired) electrons. The van der Waals surface area contributed by atoms with Gasteiger partial charge in [-0.05, 0) is 30.9 Å². The van der Waals surface area contributed by atoms with Crippen LogP contribution in [0, 0.1) is 5.92 Å². The highest BCUT2D eigenvalue weighted by molar-refractivity contribution is 5.95. The largest absolute Gasteiger partial charge is 0.494 e. The van der Waals surface area contributed by atoms with Gasteiger partial charge in [-0.15, -0.1) is 0 Å². The van der Waals surface area contributed by atoms with Crippen molar-refractivity contribution in [3.8, 4) is 5.75 Å². The van der Waals surface area contributed by atoms with E-state index in [0.29, 0.717) is 17.2 Å². The van der Waals surface area contributed by atoms with Crippen LogP contribution in [0.25, 0.3) is 0 Å². The first-order chi connectivity index (χ1) is 9.04. The number of hydrogen-bond donors (Lipinski definition) is 1. The summed E-state index contributed by atoms with van der Waals surface area (Å²) in [6.45, 7) is 7.11. The maximum absolute atomic E-state index is 11.8. The Labute approximate surface area is 115 Å². The molecular weight excluding hydrogens is 242 g/mol. The first kappa shape index (κ1) is 15.3. The van der Waals surface area contributed by atoms with Crippen LogP contribution in [-0.2, 0) is 11.2 Å². The van der Waals surface area contributed by atoms with Gasteiger partial charge in [0.2, 0.25) is 0 Å². The van der Waals surface area contributed by atoms with Gasteiger partial charge in [-0.25, -0.2) is 4.79 Å². The summed E-state index contributed by atoms with van der Waals surface area (Å²) in [5.41, 5.74) is 2.50. The van der Waals surface area contributed by atoms with Gasteiger partial charge in [0, 0.05) is 6.54 Å². The lowest BCUT2D eigenvalue weighted by Crippen LogP contribution is -2.10.